The lowest BCUT2D eigenvalue weighted by Gasteiger charge is -2.31. The van der Waals surface area contributed by atoms with Gasteiger partial charge >= 0.3 is 6.09 Å². The summed E-state index contributed by atoms with van der Waals surface area (Å²) in [4.78, 5) is 30.2. The molecule has 1 unspecified atom stereocenters. The van der Waals surface area contributed by atoms with Crippen LogP contribution in [-0.2, 0) is 9.53 Å². The number of nitrogens with zero attached hydrogens (tertiary/aromatic N) is 4. The van der Waals surface area contributed by atoms with Gasteiger partial charge in [-0.2, -0.15) is 10.2 Å². The Morgan fingerprint density at radius 3 is 2.92 bits per heavy atom. The van der Waals surface area contributed by atoms with Gasteiger partial charge in [0.05, 0.1) is 30.1 Å². The predicted molar refractivity (Wildman–Crippen MR) is 140 cm³/mol. The van der Waals surface area contributed by atoms with Crippen molar-refractivity contribution in [1.29, 1.82) is 0 Å². The summed E-state index contributed by atoms with van der Waals surface area (Å²) in [6.07, 6.45) is 0.935. The van der Waals surface area contributed by atoms with Crippen molar-refractivity contribution in [3.05, 3.63) is 59.1 Å². The zero-order valence-electron chi connectivity index (χ0n) is 20.6. The number of nitrogens with one attached hydrogen (secondary N) is 3. The Kier molecular flexibility index (Phi) is 9.00. The van der Waals surface area contributed by atoms with Crippen LogP contribution in [-0.4, -0.2) is 76.1 Å². The molecule has 3 aromatic rings. The van der Waals surface area contributed by atoms with E-state index in [0.29, 0.717) is 53.2 Å². The topological polar surface area (TPSA) is 142 Å². The predicted octanol–water partition coefficient (Wildman–Crippen LogP) is 3.11. The lowest BCUT2D eigenvalue weighted by molar-refractivity contribution is -0.116. The third kappa shape index (κ3) is 7.12. The van der Waals surface area contributed by atoms with E-state index >= 15 is 0 Å². The van der Waals surface area contributed by atoms with Crippen molar-refractivity contribution >= 4 is 40.8 Å². The number of amides is 2. The second-order valence-corrected chi connectivity index (χ2v) is 9.04. The smallest absolute Gasteiger partial charge is 0.409 e. The van der Waals surface area contributed by atoms with Crippen molar-refractivity contribution < 1.29 is 23.8 Å². The van der Waals surface area contributed by atoms with Gasteiger partial charge in [-0.3, -0.25) is 4.79 Å². The summed E-state index contributed by atoms with van der Waals surface area (Å²) in [5.74, 6) is -0.558. The van der Waals surface area contributed by atoms with Gasteiger partial charge in [-0.25, -0.2) is 14.2 Å². The Hall–Kier alpha value is -3.87. The molecule has 11 nitrogen and oxygen atoms in total. The number of aryl methyl sites for hydroxylation is 1. The second kappa shape index (κ2) is 12.6. The molecule has 4 N–H and O–H groups in total. The first-order valence-electron chi connectivity index (χ1n) is 11.9. The van der Waals surface area contributed by atoms with Crippen LogP contribution in [0.1, 0.15) is 12.1 Å². The molecule has 1 aliphatic heterocycles. The zero-order chi connectivity index (χ0) is 27.1. The molecule has 1 fully saturated rings. The molecular formula is C25H27ClFN7O4. The maximum absolute atomic E-state index is 14.3. The monoisotopic (exact) mass is 543 g/mol. The average Bonchev–Trinajstić information content (AvgIpc) is 2.91. The van der Waals surface area contributed by atoms with Gasteiger partial charge in [0.1, 0.15) is 18.2 Å². The Morgan fingerprint density at radius 2 is 2.11 bits per heavy atom. The minimum atomic E-state index is -0.527. The summed E-state index contributed by atoms with van der Waals surface area (Å²) in [6, 6.07) is 8.99. The van der Waals surface area contributed by atoms with Crippen molar-refractivity contribution in [1.82, 2.24) is 25.4 Å². The van der Waals surface area contributed by atoms with Crippen molar-refractivity contribution in [2.45, 2.75) is 19.4 Å². The van der Waals surface area contributed by atoms with E-state index in [9.17, 15) is 19.1 Å². The number of carbonyl (C=O) groups is 2. The van der Waals surface area contributed by atoms with Gasteiger partial charge in [-0.1, -0.05) is 11.6 Å². The highest BCUT2D eigenvalue weighted by atomic mass is 35.5. The van der Waals surface area contributed by atoms with Crippen molar-refractivity contribution in [2.75, 3.05) is 43.5 Å². The minimum absolute atomic E-state index is 0.0530. The standard InChI is InChI=1S/C25H27ClFN7O4/c1-15-21(12-22(33-32-15)19-10-16(26)2-3-20(19)27)30-17-4-6-29-23(11-17)31-24(36)5-9-38-25(37)34-8-7-28-18(13-34)14-35/h2-4,6,10-12,18,28,35H,5,7-9,13-14H2,1H3,(H2,29,30,31,33,36). The highest BCUT2D eigenvalue weighted by Gasteiger charge is 2.23. The van der Waals surface area contributed by atoms with Gasteiger partial charge in [0.2, 0.25) is 5.91 Å². The number of aromatic nitrogens is 3. The van der Waals surface area contributed by atoms with Gasteiger partial charge in [0.15, 0.2) is 0 Å². The summed E-state index contributed by atoms with van der Waals surface area (Å²) in [5, 5.41) is 26.8. The molecule has 2 amide bonds. The van der Waals surface area contributed by atoms with Gasteiger partial charge in [0, 0.05) is 54.2 Å². The van der Waals surface area contributed by atoms with Crippen molar-refractivity contribution in [3.63, 3.8) is 0 Å². The molecule has 0 bridgehead atoms. The molecule has 1 aromatic carbocycles. The number of hydrogen-bond donors (Lipinski definition) is 4. The number of pyridine rings is 1. The normalized spacial score (nSPS) is 15.2. The minimum Gasteiger partial charge on any atom is -0.449 e. The highest BCUT2D eigenvalue weighted by Crippen LogP contribution is 2.28. The quantitative estimate of drug-likeness (QED) is 0.337. The molecular weight excluding hydrogens is 517 g/mol. The van der Waals surface area contributed by atoms with Gasteiger partial charge in [-0.15, -0.1) is 0 Å². The molecule has 3 heterocycles. The van der Waals surface area contributed by atoms with E-state index in [-0.39, 0.29) is 37.1 Å². The van der Waals surface area contributed by atoms with Crippen LogP contribution in [0.2, 0.25) is 5.02 Å². The van der Waals surface area contributed by atoms with Crippen LogP contribution in [0, 0.1) is 12.7 Å². The molecule has 38 heavy (non-hydrogen) atoms. The number of benzene rings is 1. The fraction of sp³-hybridized carbons (Fsp3) is 0.320. The Morgan fingerprint density at radius 1 is 1.26 bits per heavy atom. The molecule has 1 saturated heterocycles. The van der Waals surface area contributed by atoms with E-state index in [1.807, 2.05) is 0 Å². The van der Waals surface area contributed by atoms with Gasteiger partial charge in [-0.05, 0) is 37.3 Å². The first kappa shape index (κ1) is 27.2. The van der Waals surface area contributed by atoms with E-state index < -0.39 is 11.9 Å². The van der Waals surface area contributed by atoms with E-state index in [0.717, 1.165) is 0 Å². The van der Waals surface area contributed by atoms with Crippen LogP contribution in [0.3, 0.4) is 0 Å². The molecule has 1 atom stereocenters. The molecule has 0 spiro atoms. The Labute approximate surface area is 223 Å². The van der Waals surface area contributed by atoms with Crippen molar-refractivity contribution in [3.8, 4) is 11.3 Å². The van der Waals surface area contributed by atoms with Crippen LogP contribution in [0.5, 0.6) is 0 Å². The number of piperazine rings is 1. The number of halogens is 2. The molecule has 0 saturated carbocycles. The molecule has 0 aliphatic carbocycles. The number of hydrogen-bond acceptors (Lipinski definition) is 9. The van der Waals surface area contributed by atoms with Gasteiger partial charge < -0.3 is 30.7 Å². The van der Waals surface area contributed by atoms with Crippen LogP contribution < -0.4 is 16.0 Å². The van der Waals surface area contributed by atoms with Crippen LogP contribution >= 0.6 is 11.6 Å². The molecule has 4 rings (SSSR count). The number of aliphatic hydroxyl groups is 1. The lowest BCUT2D eigenvalue weighted by Crippen LogP contribution is -2.54. The number of carbonyl (C=O) groups excluding carboxylic acids is 2. The zero-order valence-corrected chi connectivity index (χ0v) is 21.3. The first-order chi connectivity index (χ1) is 18.3. The van der Waals surface area contributed by atoms with E-state index in [4.69, 9.17) is 16.3 Å². The molecule has 2 aromatic heterocycles. The molecule has 0 radical (unpaired) electrons. The van der Waals surface area contributed by atoms with Crippen LogP contribution in [0.4, 0.5) is 26.4 Å². The summed E-state index contributed by atoms with van der Waals surface area (Å²) < 4.78 is 19.5. The second-order valence-electron chi connectivity index (χ2n) is 8.60. The fourth-order valence-corrected chi connectivity index (χ4v) is 3.95. The molecule has 13 heteroatoms. The molecule has 200 valence electrons. The van der Waals surface area contributed by atoms with E-state index in [2.05, 4.69) is 31.1 Å². The largest absolute Gasteiger partial charge is 0.449 e. The Balaban J connectivity index is 1.33. The maximum atomic E-state index is 14.3. The van der Waals surface area contributed by atoms with E-state index in [1.165, 1.54) is 29.3 Å². The summed E-state index contributed by atoms with van der Waals surface area (Å²) in [5.41, 5.74) is 2.30. The van der Waals surface area contributed by atoms with Crippen LogP contribution in [0.25, 0.3) is 11.3 Å². The number of aliphatic hydroxyl groups excluding tert-OH is 1. The summed E-state index contributed by atoms with van der Waals surface area (Å²) in [6.45, 7) is 2.95. The molecule has 1 aliphatic rings. The average molecular weight is 544 g/mol. The number of ether oxygens (including phenoxy) is 1. The fourth-order valence-electron chi connectivity index (χ4n) is 3.78. The maximum Gasteiger partial charge on any atom is 0.409 e. The van der Waals surface area contributed by atoms with E-state index in [1.54, 1.807) is 25.1 Å². The SMILES string of the molecule is Cc1nnc(-c2cc(Cl)ccc2F)cc1Nc1ccnc(NC(=O)CCOC(=O)N2CCNC(CO)C2)c1. The van der Waals surface area contributed by atoms with Crippen molar-refractivity contribution in [2.24, 2.45) is 0 Å². The van der Waals surface area contributed by atoms with Crippen LogP contribution in [0.15, 0.2) is 42.6 Å². The Bertz CT molecular complexity index is 1310. The third-order valence-electron chi connectivity index (χ3n) is 5.78. The number of rotatable bonds is 8. The number of anilines is 3. The third-order valence-corrected chi connectivity index (χ3v) is 6.01. The van der Waals surface area contributed by atoms with Gasteiger partial charge in [0.25, 0.3) is 0 Å². The highest BCUT2D eigenvalue weighted by molar-refractivity contribution is 6.30. The first-order valence-corrected chi connectivity index (χ1v) is 12.3. The lowest BCUT2D eigenvalue weighted by atomic mass is 10.1. The summed E-state index contributed by atoms with van der Waals surface area (Å²) in [7, 11) is 0. The summed E-state index contributed by atoms with van der Waals surface area (Å²) >= 11 is 6.01.